The summed E-state index contributed by atoms with van der Waals surface area (Å²) < 4.78 is 0. The first-order valence-corrected chi connectivity index (χ1v) is 9.13. The van der Waals surface area contributed by atoms with Crippen molar-refractivity contribution < 1.29 is 0 Å². The molecule has 26 heavy (non-hydrogen) atoms. The molecular weight excluding hydrogens is 348 g/mol. The summed E-state index contributed by atoms with van der Waals surface area (Å²) in [6, 6.07) is 9.54. The molecule has 3 aromatic rings. The average molecular weight is 369 g/mol. The van der Waals surface area contributed by atoms with E-state index in [1.54, 1.807) is 12.1 Å². The molecule has 0 fully saturated rings. The van der Waals surface area contributed by atoms with Crippen LogP contribution in [-0.4, -0.2) is 26.4 Å². The first-order valence-electron chi connectivity index (χ1n) is 8.75. The molecule has 134 valence electrons. The van der Waals surface area contributed by atoms with E-state index in [2.05, 4.69) is 34.8 Å². The quantitative estimate of drug-likeness (QED) is 0.742. The van der Waals surface area contributed by atoms with Crippen LogP contribution in [0, 0.1) is 13.8 Å². The third-order valence-corrected chi connectivity index (χ3v) is 5.17. The first-order chi connectivity index (χ1) is 12.5. The molecule has 0 unspecified atom stereocenters. The van der Waals surface area contributed by atoms with E-state index in [1.165, 1.54) is 17.0 Å². The maximum absolute atomic E-state index is 12.6. The van der Waals surface area contributed by atoms with Crippen molar-refractivity contribution in [3.63, 3.8) is 0 Å². The molecule has 5 nitrogen and oxygen atoms in total. The minimum absolute atomic E-state index is 0.0494. The van der Waals surface area contributed by atoms with Gasteiger partial charge in [0.05, 0.1) is 11.3 Å². The summed E-state index contributed by atoms with van der Waals surface area (Å²) in [5, 5.41) is 0.667. The van der Waals surface area contributed by atoms with Gasteiger partial charge in [0.25, 0.3) is 5.56 Å². The standard InChI is InChI=1S/C20H21ClN4O/c1-12-9-15(13(2)22-12)10-25-8-7-18-17(11-25)20(26)24-19(23-18)14-3-5-16(21)6-4-14/h3-6,9,22H,7-8,10-11H2,1-2H3,(H,23,24,26). The normalized spacial score (nSPS) is 14.4. The van der Waals surface area contributed by atoms with Crippen LogP contribution in [0.1, 0.15) is 28.2 Å². The van der Waals surface area contributed by atoms with Crippen molar-refractivity contribution in [3.05, 3.63) is 73.9 Å². The number of aromatic amines is 2. The van der Waals surface area contributed by atoms with Gasteiger partial charge in [0.1, 0.15) is 5.82 Å². The Labute approximate surface area is 157 Å². The maximum atomic E-state index is 12.6. The van der Waals surface area contributed by atoms with Crippen molar-refractivity contribution in [2.24, 2.45) is 0 Å². The number of nitrogens with zero attached hydrogens (tertiary/aromatic N) is 2. The largest absolute Gasteiger partial charge is 0.362 e. The molecule has 4 rings (SSSR count). The molecule has 2 N–H and O–H groups in total. The van der Waals surface area contributed by atoms with E-state index in [0.29, 0.717) is 17.4 Å². The van der Waals surface area contributed by atoms with E-state index in [9.17, 15) is 4.79 Å². The Balaban J connectivity index is 1.59. The lowest BCUT2D eigenvalue weighted by Crippen LogP contribution is -2.35. The minimum atomic E-state index is -0.0494. The maximum Gasteiger partial charge on any atom is 0.255 e. The first kappa shape index (κ1) is 17.1. The lowest BCUT2D eigenvalue weighted by Gasteiger charge is -2.27. The molecule has 1 aromatic carbocycles. The van der Waals surface area contributed by atoms with Gasteiger partial charge in [-0.05, 0) is 49.7 Å². The molecule has 1 aliphatic rings. The zero-order chi connectivity index (χ0) is 18.3. The number of hydrogen-bond donors (Lipinski definition) is 2. The van der Waals surface area contributed by atoms with Crippen LogP contribution in [0.2, 0.25) is 5.02 Å². The number of aryl methyl sites for hydroxylation is 2. The molecule has 0 spiro atoms. The van der Waals surface area contributed by atoms with Gasteiger partial charge in [-0.1, -0.05) is 11.6 Å². The molecule has 0 amide bonds. The Morgan fingerprint density at radius 2 is 1.96 bits per heavy atom. The van der Waals surface area contributed by atoms with Crippen LogP contribution in [0.4, 0.5) is 0 Å². The molecule has 0 bridgehead atoms. The summed E-state index contributed by atoms with van der Waals surface area (Å²) in [6.45, 7) is 6.52. The SMILES string of the molecule is Cc1cc(CN2CCc3nc(-c4ccc(Cl)cc4)[nH]c(=O)c3C2)c(C)[nH]1. The smallest absolute Gasteiger partial charge is 0.255 e. The highest BCUT2D eigenvalue weighted by atomic mass is 35.5. The number of nitrogens with one attached hydrogen (secondary N) is 2. The topological polar surface area (TPSA) is 64.8 Å². The number of benzene rings is 1. The Morgan fingerprint density at radius 3 is 2.65 bits per heavy atom. The Bertz CT molecular complexity index is 1000. The fourth-order valence-corrected chi connectivity index (χ4v) is 3.67. The van der Waals surface area contributed by atoms with E-state index in [0.717, 1.165) is 36.3 Å². The van der Waals surface area contributed by atoms with E-state index in [1.807, 2.05) is 12.1 Å². The molecule has 0 aliphatic carbocycles. The van der Waals surface area contributed by atoms with Crippen LogP contribution >= 0.6 is 11.6 Å². The minimum Gasteiger partial charge on any atom is -0.362 e. The third kappa shape index (κ3) is 3.32. The van der Waals surface area contributed by atoms with Gasteiger partial charge < -0.3 is 9.97 Å². The van der Waals surface area contributed by atoms with Crippen molar-refractivity contribution in [3.8, 4) is 11.4 Å². The van der Waals surface area contributed by atoms with Gasteiger partial charge in [-0.25, -0.2) is 4.98 Å². The Hall–Kier alpha value is -2.37. The predicted molar refractivity (Wildman–Crippen MR) is 103 cm³/mol. The number of halogens is 1. The molecule has 0 saturated carbocycles. The van der Waals surface area contributed by atoms with Crippen LogP contribution in [0.5, 0.6) is 0 Å². The summed E-state index contributed by atoms with van der Waals surface area (Å²) in [4.78, 5) is 25.9. The van der Waals surface area contributed by atoms with Crippen molar-refractivity contribution in [2.75, 3.05) is 6.54 Å². The van der Waals surface area contributed by atoms with E-state index in [-0.39, 0.29) is 5.56 Å². The van der Waals surface area contributed by atoms with E-state index >= 15 is 0 Å². The Kier molecular flexibility index (Phi) is 4.42. The summed E-state index contributed by atoms with van der Waals surface area (Å²) >= 11 is 5.94. The second-order valence-electron chi connectivity index (χ2n) is 6.91. The summed E-state index contributed by atoms with van der Waals surface area (Å²) in [5.41, 5.74) is 6.14. The predicted octanol–water partition coefficient (Wildman–Crippen LogP) is 3.59. The van der Waals surface area contributed by atoms with Crippen molar-refractivity contribution in [1.82, 2.24) is 19.9 Å². The molecule has 0 saturated heterocycles. The number of rotatable bonds is 3. The summed E-state index contributed by atoms with van der Waals surface area (Å²) in [7, 11) is 0. The number of H-pyrrole nitrogens is 2. The highest BCUT2D eigenvalue weighted by molar-refractivity contribution is 6.30. The van der Waals surface area contributed by atoms with Crippen LogP contribution in [0.15, 0.2) is 35.1 Å². The highest BCUT2D eigenvalue weighted by Crippen LogP contribution is 2.22. The van der Waals surface area contributed by atoms with Gasteiger partial charge in [0, 0.05) is 48.0 Å². The van der Waals surface area contributed by atoms with Gasteiger partial charge in [0.15, 0.2) is 0 Å². The summed E-state index contributed by atoms with van der Waals surface area (Å²) in [6.07, 6.45) is 0.780. The molecule has 3 heterocycles. The molecule has 0 atom stereocenters. The Morgan fingerprint density at radius 1 is 1.19 bits per heavy atom. The number of aromatic nitrogens is 3. The van der Waals surface area contributed by atoms with Crippen LogP contribution in [-0.2, 0) is 19.5 Å². The zero-order valence-corrected chi connectivity index (χ0v) is 15.7. The molecule has 0 radical (unpaired) electrons. The monoisotopic (exact) mass is 368 g/mol. The molecule has 1 aliphatic heterocycles. The van der Waals surface area contributed by atoms with Gasteiger partial charge in [-0.2, -0.15) is 0 Å². The van der Waals surface area contributed by atoms with Crippen molar-refractivity contribution >= 4 is 11.6 Å². The molecular formula is C20H21ClN4O. The third-order valence-electron chi connectivity index (χ3n) is 4.92. The average Bonchev–Trinajstić information content (AvgIpc) is 2.93. The van der Waals surface area contributed by atoms with Crippen LogP contribution in [0.25, 0.3) is 11.4 Å². The number of hydrogen-bond acceptors (Lipinski definition) is 3. The fourth-order valence-electron chi connectivity index (χ4n) is 3.55. The van der Waals surface area contributed by atoms with Crippen LogP contribution in [0.3, 0.4) is 0 Å². The lowest BCUT2D eigenvalue weighted by molar-refractivity contribution is 0.241. The second-order valence-corrected chi connectivity index (χ2v) is 7.35. The van der Waals surface area contributed by atoms with Gasteiger partial charge in [-0.15, -0.1) is 0 Å². The lowest BCUT2D eigenvalue weighted by atomic mass is 10.1. The summed E-state index contributed by atoms with van der Waals surface area (Å²) in [5.74, 6) is 0.607. The van der Waals surface area contributed by atoms with Gasteiger partial charge in [-0.3, -0.25) is 9.69 Å². The van der Waals surface area contributed by atoms with Gasteiger partial charge in [0.2, 0.25) is 0 Å². The fraction of sp³-hybridized carbons (Fsp3) is 0.300. The highest BCUT2D eigenvalue weighted by Gasteiger charge is 2.22. The van der Waals surface area contributed by atoms with E-state index in [4.69, 9.17) is 16.6 Å². The molecule has 6 heteroatoms. The van der Waals surface area contributed by atoms with Gasteiger partial charge >= 0.3 is 0 Å². The second kappa shape index (κ2) is 6.74. The van der Waals surface area contributed by atoms with Crippen molar-refractivity contribution in [2.45, 2.75) is 33.4 Å². The van der Waals surface area contributed by atoms with E-state index < -0.39 is 0 Å². The number of fused-ring (bicyclic) bond motifs is 1. The zero-order valence-electron chi connectivity index (χ0n) is 14.9. The van der Waals surface area contributed by atoms with Crippen LogP contribution < -0.4 is 5.56 Å². The molecule has 2 aromatic heterocycles. The van der Waals surface area contributed by atoms with Crippen molar-refractivity contribution in [1.29, 1.82) is 0 Å².